The first-order chi connectivity index (χ1) is 7.61. The lowest BCUT2D eigenvalue weighted by Gasteiger charge is -2.05. The second-order valence-corrected chi connectivity index (χ2v) is 8.69. The van der Waals surface area contributed by atoms with Crippen LogP contribution >= 0.6 is 66.1 Å². The number of rotatable bonds is 3. The number of aryl methyl sites for hydroxylation is 1. The van der Waals surface area contributed by atoms with Crippen molar-refractivity contribution >= 4 is 66.1 Å². The van der Waals surface area contributed by atoms with Crippen LogP contribution in [0.15, 0.2) is 25.8 Å². The molecule has 16 heavy (non-hydrogen) atoms. The zero-order valence-corrected chi connectivity index (χ0v) is 14.0. The lowest BCUT2D eigenvalue weighted by molar-refractivity contribution is 1.19. The van der Waals surface area contributed by atoms with Gasteiger partial charge in [0.05, 0.1) is 12.9 Å². The third-order valence-corrected chi connectivity index (χ3v) is 6.52. The van der Waals surface area contributed by atoms with E-state index in [9.17, 15) is 0 Å². The molecule has 2 aromatic rings. The van der Waals surface area contributed by atoms with E-state index in [0.29, 0.717) is 0 Å². The summed E-state index contributed by atoms with van der Waals surface area (Å²) in [6.07, 6.45) is 1.07. The highest BCUT2D eigenvalue weighted by Crippen LogP contribution is 2.42. The first-order valence-electron chi connectivity index (χ1n) is 4.79. The summed E-state index contributed by atoms with van der Waals surface area (Å²) in [5, 5.41) is -0.0535. The topological polar surface area (TPSA) is 0 Å². The molecule has 0 aliphatic heterocycles. The molecular weight excluding hydrogens is 392 g/mol. The molecule has 0 aliphatic rings. The maximum Gasteiger partial charge on any atom is 0.0947 e. The summed E-state index contributed by atoms with van der Waals surface area (Å²) in [7, 11) is 0. The van der Waals surface area contributed by atoms with Gasteiger partial charge in [0, 0.05) is 15.3 Å². The van der Waals surface area contributed by atoms with Crippen LogP contribution in [0.3, 0.4) is 0 Å². The minimum atomic E-state index is -0.0535. The van der Waals surface area contributed by atoms with E-state index in [0.717, 1.165) is 19.6 Å². The van der Waals surface area contributed by atoms with Crippen LogP contribution in [0.4, 0.5) is 0 Å². The fraction of sp³-hybridized carbons (Fsp3) is 0.273. The normalized spacial score (nSPS) is 13.0. The fourth-order valence-corrected chi connectivity index (χ4v) is 5.83. The van der Waals surface area contributed by atoms with Crippen molar-refractivity contribution in [1.82, 2.24) is 0 Å². The standard InChI is InChI=1S/C11H9Br2ClS2/c1-2-6-3-4-8(15-6)10(14)7-5-9(12)16-11(7)13/h3-5,10H,2H2,1H3. The number of alkyl halides is 1. The average Bonchev–Trinajstić information content (AvgIpc) is 2.84. The largest absolute Gasteiger partial charge is 0.143 e. The molecule has 0 radical (unpaired) electrons. The Labute approximate surface area is 125 Å². The van der Waals surface area contributed by atoms with Gasteiger partial charge in [-0.3, -0.25) is 0 Å². The Balaban J connectivity index is 2.31. The molecule has 0 fully saturated rings. The van der Waals surface area contributed by atoms with Crippen molar-refractivity contribution in [2.45, 2.75) is 18.7 Å². The van der Waals surface area contributed by atoms with Crippen molar-refractivity contribution < 1.29 is 0 Å². The second kappa shape index (κ2) is 5.53. The highest BCUT2D eigenvalue weighted by Gasteiger charge is 2.18. The summed E-state index contributed by atoms with van der Waals surface area (Å²) in [6.45, 7) is 2.16. The molecule has 1 unspecified atom stereocenters. The van der Waals surface area contributed by atoms with Crippen LogP contribution in [-0.2, 0) is 6.42 Å². The second-order valence-electron chi connectivity index (χ2n) is 3.30. The molecule has 0 N–H and O–H groups in total. The molecule has 0 aliphatic carbocycles. The summed E-state index contributed by atoms with van der Waals surface area (Å²) in [6, 6.07) is 6.36. The molecule has 0 aromatic carbocycles. The van der Waals surface area contributed by atoms with Gasteiger partial charge in [0.2, 0.25) is 0 Å². The van der Waals surface area contributed by atoms with Gasteiger partial charge in [0.15, 0.2) is 0 Å². The van der Waals surface area contributed by atoms with Crippen LogP contribution in [0.5, 0.6) is 0 Å². The van der Waals surface area contributed by atoms with E-state index >= 15 is 0 Å². The Morgan fingerprint density at radius 3 is 2.56 bits per heavy atom. The maximum atomic E-state index is 6.49. The van der Waals surface area contributed by atoms with Gasteiger partial charge >= 0.3 is 0 Å². The zero-order valence-electron chi connectivity index (χ0n) is 8.47. The number of thiophene rings is 2. The third-order valence-electron chi connectivity index (χ3n) is 2.24. The monoisotopic (exact) mass is 398 g/mol. The van der Waals surface area contributed by atoms with Gasteiger partial charge < -0.3 is 0 Å². The molecule has 0 nitrogen and oxygen atoms in total. The molecule has 5 heteroatoms. The molecule has 86 valence electrons. The van der Waals surface area contributed by atoms with Crippen molar-refractivity contribution in [1.29, 1.82) is 0 Å². The first-order valence-corrected chi connectivity index (χ1v) is 8.44. The molecule has 2 aromatic heterocycles. The minimum absolute atomic E-state index is 0.0535. The summed E-state index contributed by atoms with van der Waals surface area (Å²) in [4.78, 5) is 2.59. The average molecular weight is 401 g/mol. The summed E-state index contributed by atoms with van der Waals surface area (Å²) in [5.74, 6) is 0. The van der Waals surface area contributed by atoms with Crippen molar-refractivity contribution in [3.63, 3.8) is 0 Å². The third kappa shape index (κ3) is 2.72. The van der Waals surface area contributed by atoms with Crippen LogP contribution in [0.1, 0.15) is 27.6 Å². The van der Waals surface area contributed by atoms with Crippen LogP contribution in [-0.4, -0.2) is 0 Å². The van der Waals surface area contributed by atoms with Crippen molar-refractivity contribution in [2.75, 3.05) is 0 Å². The molecule has 2 rings (SSSR count). The van der Waals surface area contributed by atoms with Crippen molar-refractivity contribution in [3.8, 4) is 0 Å². The Morgan fingerprint density at radius 2 is 2.06 bits per heavy atom. The molecule has 0 saturated carbocycles. The highest BCUT2D eigenvalue weighted by atomic mass is 79.9. The lowest BCUT2D eigenvalue weighted by Crippen LogP contribution is -1.87. The molecule has 1 atom stereocenters. The Bertz CT molecular complexity index is 490. The SMILES string of the molecule is CCc1ccc(C(Cl)c2cc(Br)sc2Br)s1. The Kier molecular flexibility index (Phi) is 4.52. The van der Waals surface area contributed by atoms with Gasteiger partial charge in [-0.1, -0.05) is 6.92 Å². The van der Waals surface area contributed by atoms with Crippen LogP contribution in [0.2, 0.25) is 0 Å². The van der Waals surface area contributed by atoms with E-state index in [1.807, 2.05) is 0 Å². The summed E-state index contributed by atoms with van der Waals surface area (Å²) in [5.41, 5.74) is 1.14. The summed E-state index contributed by atoms with van der Waals surface area (Å²) >= 11 is 17.0. The smallest absolute Gasteiger partial charge is 0.0947 e. The van der Waals surface area contributed by atoms with E-state index in [4.69, 9.17) is 11.6 Å². The molecule has 0 bridgehead atoms. The van der Waals surface area contributed by atoms with Gasteiger partial charge in [-0.25, -0.2) is 0 Å². The van der Waals surface area contributed by atoms with Crippen LogP contribution in [0, 0.1) is 0 Å². The number of hydrogen-bond donors (Lipinski definition) is 0. The molecule has 2 heterocycles. The van der Waals surface area contributed by atoms with E-state index in [1.165, 1.54) is 9.75 Å². The zero-order chi connectivity index (χ0) is 11.7. The number of halogens is 3. The van der Waals surface area contributed by atoms with Gasteiger partial charge in [-0.15, -0.1) is 34.3 Å². The molecular formula is C11H9Br2ClS2. The van der Waals surface area contributed by atoms with Crippen LogP contribution < -0.4 is 0 Å². The van der Waals surface area contributed by atoms with Crippen molar-refractivity contribution in [3.05, 3.63) is 41.1 Å². The lowest BCUT2D eigenvalue weighted by atomic mass is 10.2. The Hall–Kier alpha value is 0.650. The van der Waals surface area contributed by atoms with E-state index in [2.05, 4.69) is 57.0 Å². The van der Waals surface area contributed by atoms with Crippen molar-refractivity contribution in [2.24, 2.45) is 0 Å². The van der Waals surface area contributed by atoms with Gasteiger partial charge in [0.1, 0.15) is 0 Å². The molecule has 0 amide bonds. The van der Waals surface area contributed by atoms with E-state index in [-0.39, 0.29) is 5.38 Å². The fourth-order valence-electron chi connectivity index (χ4n) is 1.40. The maximum absolute atomic E-state index is 6.49. The predicted octanol–water partition coefficient (Wildman–Crippen LogP) is 6.23. The minimum Gasteiger partial charge on any atom is -0.143 e. The van der Waals surface area contributed by atoms with Gasteiger partial charge in [0.25, 0.3) is 0 Å². The van der Waals surface area contributed by atoms with Crippen LogP contribution in [0.25, 0.3) is 0 Å². The quantitative estimate of drug-likeness (QED) is 0.536. The predicted molar refractivity (Wildman–Crippen MR) is 81.1 cm³/mol. The Morgan fingerprint density at radius 1 is 1.31 bits per heavy atom. The first kappa shape index (κ1) is 13.1. The van der Waals surface area contributed by atoms with E-state index < -0.39 is 0 Å². The van der Waals surface area contributed by atoms with Gasteiger partial charge in [-0.2, -0.15) is 0 Å². The molecule has 0 spiro atoms. The van der Waals surface area contributed by atoms with Gasteiger partial charge in [-0.05, 0) is 56.5 Å². The highest BCUT2D eigenvalue weighted by molar-refractivity contribution is 9.12. The molecule has 0 saturated heterocycles. The summed E-state index contributed by atoms with van der Waals surface area (Å²) < 4.78 is 2.21. The van der Waals surface area contributed by atoms with E-state index in [1.54, 1.807) is 22.7 Å². The number of hydrogen-bond acceptors (Lipinski definition) is 2.